The maximum absolute atomic E-state index is 12.2. The first-order chi connectivity index (χ1) is 13.0. The number of carbonyl (C=O) groups excluding carboxylic acids is 1. The molecule has 0 bridgehead atoms. The minimum absolute atomic E-state index is 0.0758. The number of aromatic hydroxyl groups is 1. The van der Waals surface area contributed by atoms with Gasteiger partial charge >= 0.3 is 0 Å². The van der Waals surface area contributed by atoms with Crippen molar-refractivity contribution in [1.82, 2.24) is 0 Å². The predicted molar refractivity (Wildman–Crippen MR) is 97.0 cm³/mol. The summed E-state index contributed by atoms with van der Waals surface area (Å²) in [4.78, 5) is 12.2. The van der Waals surface area contributed by atoms with E-state index < -0.39 is 36.8 Å². The van der Waals surface area contributed by atoms with Crippen LogP contribution in [0, 0.1) is 0 Å². The number of para-hydroxylation sites is 1. The van der Waals surface area contributed by atoms with Crippen LogP contribution < -0.4 is 0 Å². The lowest BCUT2D eigenvalue weighted by molar-refractivity contribution is -0.325. The molecule has 1 unspecified atom stereocenters. The van der Waals surface area contributed by atoms with E-state index in [2.05, 4.69) is 0 Å². The first-order valence-corrected chi connectivity index (χ1v) is 9.27. The van der Waals surface area contributed by atoms with Crippen LogP contribution in [-0.4, -0.2) is 64.5 Å². The number of fused-ring (bicyclic) bond motifs is 1. The number of hydrogen-bond donors (Lipinski definition) is 3. The Balaban J connectivity index is 1.60. The zero-order valence-electron chi connectivity index (χ0n) is 15.2. The van der Waals surface area contributed by atoms with E-state index in [1.54, 1.807) is 18.2 Å². The Morgan fingerprint density at radius 3 is 2.74 bits per heavy atom. The summed E-state index contributed by atoms with van der Waals surface area (Å²) in [7, 11) is 0. The van der Waals surface area contributed by atoms with E-state index in [0.717, 1.165) is 6.42 Å². The summed E-state index contributed by atoms with van der Waals surface area (Å²) in [6.07, 6.45) is -0.523. The maximum atomic E-state index is 12.2. The second kappa shape index (κ2) is 8.95. The average molecular weight is 378 g/mol. The van der Waals surface area contributed by atoms with Crippen molar-refractivity contribution in [2.24, 2.45) is 0 Å². The van der Waals surface area contributed by atoms with E-state index in [1.807, 2.05) is 6.92 Å². The number of ether oxygens (including phenoxy) is 3. The van der Waals surface area contributed by atoms with Crippen LogP contribution in [0.1, 0.15) is 31.7 Å². The summed E-state index contributed by atoms with van der Waals surface area (Å²) >= 11 is 0. The van der Waals surface area contributed by atoms with Crippen molar-refractivity contribution in [2.45, 2.75) is 63.0 Å². The molecule has 2 fully saturated rings. The number of hydrogen-bond acceptors (Lipinski definition) is 7. The van der Waals surface area contributed by atoms with Crippen LogP contribution in [0.5, 0.6) is 5.75 Å². The van der Waals surface area contributed by atoms with Crippen LogP contribution in [0.25, 0.3) is 6.08 Å². The lowest BCUT2D eigenvalue weighted by atomic mass is 9.91. The Morgan fingerprint density at radius 1 is 1.22 bits per heavy atom. The molecule has 0 saturated carbocycles. The predicted octanol–water partition coefficient (Wildman–Crippen LogP) is 1.40. The van der Waals surface area contributed by atoms with Gasteiger partial charge in [0.25, 0.3) is 0 Å². The molecule has 2 aliphatic heterocycles. The molecule has 148 valence electrons. The Morgan fingerprint density at radius 2 is 2.00 bits per heavy atom. The third-order valence-electron chi connectivity index (χ3n) is 4.85. The van der Waals surface area contributed by atoms with E-state index in [-0.39, 0.29) is 24.6 Å². The highest BCUT2D eigenvalue weighted by molar-refractivity contribution is 5.94. The molecule has 0 amide bonds. The molecule has 3 N–H and O–H groups in total. The zero-order chi connectivity index (χ0) is 19.4. The monoisotopic (exact) mass is 378 g/mol. The van der Waals surface area contributed by atoms with E-state index in [1.165, 1.54) is 18.2 Å². The SMILES string of the molecule is CCCC1OC[C@H]2O[C@@H](CC(=O)/C=C/c3ccccc3O)[C@H](O)[C@@H](O)[C@@H]2O1. The van der Waals surface area contributed by atoms with E-state index in [9.17, 15) is 20.1 Å². The molecule has 1 aromatic rings. The van der Waals surface area contributed by atoms with Crippen LogP contribution in [0.2, 0.25) is 0 Å². The fourth-order valence-electron chi connectivity index (χ4n) is 3.37. The van der Waals surface area contributed by atoms with Crippen LogP contribution in [-0.2, 0) is 19.0 Å². The van der Waals surface area contributed by atoms with Crippen LogP contribution in [0.15, 0.2) is 30.3 Å². The van der Waals surface area contributed by atoms with Crippen molar-refractivity contribution in [3.05, 3.63) is 35.9 Å². The summed E-state index contributed by atoms with van der Waals surface area (Å²) in [5.41, 5.74) is 0.520. The molecule has 2 heterocycles. The molecule has 0 aliphatic carbocycles. The highest BCUT2D eigenvalue weighted by atomic mass is 16.7. The summed E-state index contributed by atoms with van der Waals surface area (Å²) < 4.78 is 17.1. The second-order valence-electron chi connectivity index (χ2n) is 6.91. The highest BCUT2D eigenvalue weighted by Crippen LogP contribution is 2.31. The maximum Gasteiger partial charge on any atom is 0.158 e. The molecule has 6 atom stereocenters. The summed E-state index contributed by atoms with van der Waals surface area (Å²) in [5.74, 6) is -0.207. The number of rotatable bonds is 6. The van der Waals surface area contributed by atoms with Gasteiger partial charge in [-0.15, -0.1) is 0 Å². The van der Waals surface area contributed by atoms with Gasteiger partial charge in [-0.1, -0.05) is 31.5 Å². The number of phenols is 1. The van der Waals surface area contributed by atoms with Gasteiger partial charge in [0.05, 0.1) is 12.7 Å². The van der Waals surface area contributed by atoms with Gasteiger partial charge in [0, 0.05) is 12.0 Å². The summed E-state index contributed by atoms with van der Waals surface area (Å²) in [6, 6.07) is 6.66. The van der Waals surface area contributed by atoms with Gasteiger partial charge in [-0.2, -0.15) is 0 Å². The first-order valence-electron chi connectivity index (χ1n) is 9.27. The fourth-order valence-corrected chi connectivity index (χ4v) is 3.37. The number of aliphatic hydroxyl groups excluding tert-OH is 2. The Labute approximate surface area is 158 Å². The smallest absolute Gasteiger partial charge is 0.158 e. The minimum Gasteiger partial charge on any atom is -0.507 e. The standard InChI is InChI=1S/C20H26O7/c1-2-5-17-25-11-16-20(27-17)19(24)18(23)15(26-16)10-13(21)9-8-12-6-3-4-7-14(12)22/h3-4,6-9,15-20,22-24H,2,5,10-11H2,1H3/b9-8+/t15-,16+,17?,18-,19+,20+/m0/s1. The van der Waals surface area contributed by atoms with Gasteiger partial charge < -0.3 is 29.5 Å². The van der Waals surface area contributed by atoms with Gasteiger partial charge in [-0.25, -0.2) is 0 Å². The normalized spacial score (nSPS) is 33.7. The van der Waals surface area contributed by atoms with Gasteiger partial charge in [-0.05, 0) is 24.6 Å². The summed E-state index contributed by atoms with van der Waals surface area (Å²) in [5, 5.41) is 30.5. The number of allylic oxidation sites excluding steroid dienone is 1. The van der Waals surface area contributed by atoms with Gasteiger partial charge in [-0.3, -0.25) is 4.79 Å². The second-order valence-corrected chi connectivity index (χ2v) is 6.91. The fraction of sp³-hybridized carbons (Fsp3) is 0.550. The molecule has 2 saturated heterocycles. The zero-order valence-corrected chi connectivity index (χ0v) is 15.2. The number of carbonyl (C=O) groups is 1. The Hall–Kier alpha value is -1.77. The van der Waals surface area contributed by atoms with Crippen LogP contribution in [0.4, 0.5) is 0 Å². The average Bonchev–Trinajstić information content (AvgIpc) is 2.66. The highest BCUT2D eigenvalue weighted by Gasteiger charge is 2.48. The van der Waals surface area contributed by atoms with Crippen molar-refractivity contribution in [3.8, 4) is 5.75 Å². The van der Waals surface area contributed by atoms with Gasteiger partial charge in [0.2, 0.25) is 0 Å². The number of ketones is 1. The molecule has 3 rings (SSSR count). The largest absolute Gasteiger partial charge is 0.507 e. The molecule has 2 aliphatic rings. The molecule has 7 nitrogen and oxygen atoms in total. The first kappa shape index (κ1) is 20.0. The quantitative estimate of drug-likeness (QED) is 0.643. The minimum atomic E-state index is -1.23. The molecule has 0 radical (unpaired) electrons. The molecular weight excluding hydrogens is 352 g/mol. The van der Waals surface area contributed by atoms with Crippen molar-refractivity contribution in [2.75, 3.05) is 6.61 Å². The Bertz CT molecular complexity index is 672. The van der Waals surface area contributed by atoms with E-state index >= 15 is 0 Å². The third-order valence-corrected chi connectivity index (χ3v) is 4.85. The van der Waals surface area contributed by atoms with Crippen molar-refractivity contribution >= 4 is 11.9 Å². The van der Waals surface area contributed by atoms with Crippen molar-refractivity contribution in [3.63, 3.8) is 0 Å². The molecule has 1 aromatic carbocycles. The molecule has 0 aromatic heterocycles. The number of aliphatic hydroxyl groups is 2. The summed E-state index contributed by atoms with van der Waals surface area (Å²) in [6.45, 7) is 2.25. The Kier molecular flexibility index (Phi) is 6.62. The van der Waals surface area contributed by atoms with E-state index in [4.69, 9.17) is 14.2 Å². The number of benzene rings is 1. The van der Waals surface area contributed by atoms with Crippen molar-refractivity contribution in [1.29, 1.82) is 0 Å². The van der Waals surface area contributed by atoms with Crippen molar-refractivity contribution < 1.29 is 34.3 Å². The lowest BCUT2D eigenvalue weighted by Crippen LogP contribution is -2.62. The molecule has 27 heavy (non-hydrogen) atoms. The van der Waals surface area contributed by atoms with Gasteiger partial charge in [0.15, 0.2) is 12.1 Å². The topological polar surface area (TPSA) is 105 Å². The molecular formula is C20H26O7. The molecule has 7 heteroatoms. The molecule has 0 spiro atoms. The van der Waals surface area contributed by atoms with E-state index in [0.29, 0.717) is 12.0 Å². The third kappa shape index (κ3) is 4.75. The number of phenolic OH excluding ortho intramolecular Hbond substituents is 1. The lowest BCUT2D eigenvalue weighted by Gasteiger charge is -2.46. The van der Waals surface area contributed by atoms with Crippen LogP contribution in [0.3, 0.4) is 0 Å². The van der Waals surface area contributed by atoms with Crippen LogP contribution >= 0.6 is 0 Å². The van der Waals surface area contributed by atoms with Gasteiger partial charge in [0.1, 0.15) is 30.2 Å².